The number of carbonyl (C=O) groups excluding carboxylic acids is 2. The molecule has 6 nitrogen and oxygen atoms in total. The van der Waals surface area contributed by atoms with Crippen LogP contribution in [0.2, 0.25) is 0 Å². The Balaban J connectivity index is 2.09. The maximum absolute atomic E-state index is 12.0. The fourth-order valence-electron chi connectivity index (χ4n) is 1.93. The van der Waals surface area contributed by atoms with Gasteiger partial charge >= 0.3 is 0 Å². The van der Waals surface area contributed by atoms with Gasteiger partial charge in [-0.3, -0.25) is 9.59 Å². The highest BCUT2D eigenvalue weighted by atomic mass is 16.5. The lowest BCUT2D eigenvalue weighted by molar-refractivity contribution is -0.120. The zero-order valence-corrected chi connectivity index (χ0v) is 11.7. The Kier molecular flexibility index (Phi) is 3.74. The van der Waals surface area contributed by atoms with Crippen molar-refractivity contribution >= 4 is 17.5 Å². The van der Waals surface area contributed by atoms with Crippen LogP contribution in [0.4, 0.5) is 0 Å². The average molecular weight is 275 g/mol. The molecule has 0 aliphatic carbocycles. The first-order valence-corrected chi connectivity index (χ1v) is 6.25. The van der Waals surface area contributed by atoms with Crippen LogP contribution in [0.1, 0.15) is 25.8 Å². The van der Waals surface area contributed by atoms with Gasteiger partial charge in [0.2, 0.25) is 5.91 Å². The van der Waals surface area contributed by atoms with Crippen LogP contribution >= 0.6 is 0 Å². The second-order valence-corrected chi connectivity index (χ2v) is 5.08. The van der Waals surface area contributed by atoms with Gasteiger partial charge in [-0.05, 0) is 31.5 Å². The third-order valence-electron chi connectivity index (χ3n) is 3.14. The minimum absolute atomic E-state index is 0.0184. The van der Waals surface area contributed by atoms with Gasteiger partial charge in [0.1, 0.15) is 11.5 Å². The third kappa shape index (κ3) is 2.96. The lowest BCUT2D eigenvalue weighted by Crippen LogP contribution is -2.44. The standard InChI is InChI=1S/C14H17N3O3/c1-14(2,9-4-6-10(20-3)7-5-9)15-13(19)11-8-12(18)17-16-11/h4-7H,8H2,1-3H3,(H,15,19)(H,17,18). The van der Waals surface area contributed by atoms with Crippen LogP contribution in [-0.4, -0.2) is 24.6 Å². The molecule has 1 heterocycles. The molecule has 0 saturated carbocycles. The molecule has 1 aromatic rings. The van der Waals surface area contributed by atoms with Crippen molar-refractivity contribution in [2.75, 3.05) is 7.11 Å². The van der Waals surface area contributed by atoms with E-state index in [1.165, 1.54) is 0 Å². The van der Waals surface area contributed by atoms with Crippen molar-refractivity contribution in [3.05, 3.63) is 29.8 Å². The summed E-state index contributed by atoms with van der Waals surface area (Å²) >= 11 is 0. The first-order valence-electron chi connectivity index (χ1n) is 6.25. The van der Waals surface area contributed by atoms with Crippen molar-refractivity contribution in [3.8, 4) is 5.75 Å². The molecule has 1 aliphatic rings. The molecule has 2 rings (SSSR count). The van der Waals surface area contributed by atoms with Gasteiger partial charge in [0.25, 0.3) is 5.91 Å². The van der Waals surface area contributed by atoms with Gasteiger partial charge in [-0.25, -0.2) is 5.43 Å². The zero-order chi connectivity index (χ0) is 14.8. The van der Waals surface area contributed by atoms with Crippen LogP contribution in [0, 0.1) is 0 Å². The molecule has 1 aromatic carbocycles. The maximum atomic E-state index is 12.0. The second-order valence-electron chi connectivity index (χ2n) is 5.08. The van der Waals surface area contributed by atoms with E-state index in [0.717, 1.165) is 11.3 Å². The van der Waals surface area contributed by atoms with Crippen molar-refractivity contribution in [1.82, 2.24) is 10.7 Å². The van der Waals surface area contributed by atoms with Crippen LogP contribution < -0.4 is 15.5 Å². The molecule has 0 fully saturated rings. The summed E-state index contributed by atoms with van der Waals surface area (Å²) in [5.74, 6) is 0.146. The van der Waals surface area contributed by atoms with E-state index in [1.807, 2.05) is 38.1 Å². The van der Waals surface area contributed by atoms with Crippen LogP contribution in [0.5, 0.6) is 5.75 Å². The molecule has 0 radical (unpaired) electrons. The number of amides is 2. The fraction of sp³-hybridized carbons (Fsp3) is 0.357. The number of hydrogen-bond acceptors (Lipinski definition) is 4. The summed E-state index contributed by atoms with van der Waals surface area (Å²) in [6.07, 6.45) is 0.0184. The molecule has 0 atom stereocenters. The minimum Gasteiger partial charge on any atom is -0.497 e. The lowest BCUT2D eigenvalue weighted by Gasteiger charge is -2.27. The second kappa shape index (κ2) is 5.32. The Morgan fingerprint density at radius 1 is 1.35 bits per heavy atom. The highest BCUT2D eigenvalue weighted by Crippen LogP contribution is 2.22. The largest absolute Gasteiger partial charge is 0.497 e. The number of methoxy groups -OCH3 is 1. The highest BCUT2D eigenvalue weighted by Gasteiger charge is 2.28. The van der Waals surface area contributed by atoms with E-state index in [2.05, 4.69) is 15.8 Å². The predicted molar refractivity (Wildman–Crippen MR) is 74.4 cm³/mol. The summed E-state index contributed by atoms with van der Waals surface area (Å²) in [4.78, 5) is 23.1. The van der Waals surface area contributed by atoms with Gasteiger partial charge in [0.15, 0.2) is 0 Å². The first-order chi connectivity index (χ1) is 9.42. The van der Waals surface area contributed by atoms with E-state index < -0.39 is 5.54 Å². The maximum Gasteiger partial charge on any atom is 0.268 e. The molecule has 0 bridgehead atoms. The van der Waals surface area contributed by atoms with Crippen LogP contribution in [-0.2, 0) is 15.1 Å². The van der Waals surface area contributed by atoms with Crippen LogP contribution in [0.15, 0.2) is 29.4 Å². The van der Waals surface area contributed by atoms with Gasteiger partial charge in [-0.15, -0.1) is 0 Å². The lowest BCUT2D eigenvalue weighted by atomic mass is 9.94. The summed E-state index contributed by atoms with van der Waals surface area (Å²) in [5, 5.41) is 6.58. The Bertz CT molecular complexity index is 562. The SMILES string of the molecule is COc1ccc(C(C)(C)NC(=O)C2=NNC(=O)C2)cc1. The number of benzene rings is 1. The zero-order valence-electron chi connectivity index (χ0n) is 11.7. The molecular formula is C14H17N3O3. The number of rotatable bonds is 4. The van der Waals surface area contributed by atoms with Crippen LogP contribution in [0.3, 0.4) is 0 Å². The smallest absolute Gasteiger partial charge is 0.268 e. The molecule has 20 heavy (non-hydrogen) atoms. The molecule has 6 heteroatoms. The predicted octanol–water partition coefficient (Wildman–Crippen LogP) is 0.922. The molecule has 0 unspecified atom stereocenters. The summed E-state index contributed by atoms with van der Waals surface area (Å²) in [6.45, 7) is 3.77. The van der Waals surface area contributed by atoms with Gasteiger partial charge in [0.05, 0.1) is 19.1 Å². The summed E-state index contributed by atoms with van der Waals surface area (Å²) in [7, 11) is 1.60. The molecule has 0 saturated heterocycles. The average Bonchev–Trinajstić information content (AvgIpc) is 2.85. The molecule has 2 amide bonds. The molecule has 0 spiro atoms. The minimum atomic E-state index is -0.572. The van der Waals surface area contributed by atoms with E-state index in [0.29, 0.717) is 0 Å². The van der Waals surface area contributed by atoms with E-state index >= 15 is 0 Å². The first kappa shape index (κ1) is 14.0. The number of ether oxygens (including phenoxy) is 1. The van der Waals surface area contributed by atoms with E-state index in [4.69, 9.17) is 4.74 Å². The van der Waals surface area contributed by atoms with Crippen molar-refractivity contribution in [1.29, 1.82) is 0 Å². The highest BCUT2D eigenvalue weighted by molar-refractivity contribution is 6.43. The molecule has 106 valence electrons. The van der Waals surface area contributed by atoms with Crippen LogP contribution in [0.25, 0.3) is 0 Å². The number of hydrogen-bond donors (Lipinski definition) is 2. The summed E-state index contributed by atoms with van der Waals surface area (Å²) in [6, 6.07) is 7.45. The van der Waals surface area contributed by atoms with Gasteiger partial charge in [0, 0.05) is 0 Å². The summed E-state index contributed by atoms with van der Waals surface area (Å²) < 4.78 is 5.10. The normalized spacial score (nSPS) is 14.6. The molecule has 2 N–H and O–H groups in total. The van der Waals surface area contributed by atoms with E-state index in [1.54, 1.807) is 7.11 Å². The van der Waals surface area contributed by atoms with Crippen molar-refractivity contribution in [2.45, 2.75) is 25.8 Å². The van der Waals surface area contributed by atoms with Crippen molar-refractivity contribution in [2.24, 2.45) is 5.10 Å². The van der Waals surface area contributed by atoms with Crippen molar-refractivity contribution in [3.63, 3.8) is 0 Å². The fourth-order valence-corrected chi connectivity index (χ4v) is 1.93. The number of carbonyl (C=O) groups is 2. The Hall–Kier alpha value is -2.37. The monoisotopic (exact) mass is 275 g/mol. The number of hydrazone groups is 1. The van der Waals surface area contributed by atoms with E-state index in [-0.39, 0.29) is 23.9 Å². The van der Waals surface area contributed by atoms with Gasteiger partial charge < -0.3 is 10.1 Å². The van der Waals surface area contributed by atoms with Gasteiger partial charge in [-0.2, -0.15) is 5.10 Å². The Labute approximate surface area is 117 Å². The Morgan fingerprint density at radius 3 is 2.50 bits per heavy atom. The number of nitrogens with one attached hydrogen (secondary N) is 2. The topological polar surface area (TPSA) is 79.8 Å². The van der Waals surface area contributed by atoms with Crippen molar-refractivity contribution < 1.29 is 14.3 Å². The number of nitrogens with zero attached hydrogens (tertiary/aromatic N) is 1. The quantitative estimate of drug-likeness (QED) is 0.857. The Morgan fingerprint density at radius 2 is 2.00 bits per heavy atom. The van der Waals surface area contributed by atoms with Gasteiger partial charge in [-0.1, -0.05) is 12.1 Å². The summed E-state index contributed by atoms with van der Waals surface area (Å²) in [5.41, 5.74) is 2.83. The molecular weight excluding hydrogens is 258 g/mol. The molecule has 0 aromatic heterocycles. The molecule has 1 aliphatic heterocycles. The van der Waals surface area contributed by atoms with E-state index in [9.17, 15) is 9.59 Å². The third-order valence-corrected chi connectivity index (χ3v) is 3.14.